The Hall–Kier alpha value is -1.33. The van der Waals surface area contributed by atoms with Gasteiger partial charge in [-0.05, 0) is 19.9 Å². The molecule has 6 heteroatoms. The maximum Gasteiger partial charge on any atom is 0.357 e. The van der Waals surface area contributed by atoms with E-state index in [4.69, 9.17) is 16.3 Å². The van der Waals surface area contributed by atoms with Gasteiger partial charge in [-0.1, -0.05) is 11.6 Å². The van der Waals surface area contributed by atoms with Crippen LogP contribution in [-0.2, 0) is 9.53 Å². The van der Waals surface area contributed by atoms with Crippen LogP contribution in [0.15, 0.2) is 28.1 Å². The number of nitrogens with one attached hydrogen (secondary N) is 1. The highest BCUT2D eigenvalue weighted by molar-refractivity contribution is 6.44. The van der Waals surface area contributed by atoms with Crippen molar-refractivity contribution in [1.29, 1.82) is 0 Å². The summed E-state index contributed by atoms with van der Waals surface area (Å²) in [4.78, 5) is 15.6. The second-order valence-corrected chi connectivity index (χ2v) is 3.28. The number of carbonyl (C=O) groups is 1. The molecule has 0 amide bonds. The molecule has 1 N–H and O–H groups in total. The molecule has 1 heterocycles. The van der Waals surface area contributed by atoms with Crippen LogP contribution in [0.4, 0.5) is 0 Å². The van der Waals surface area contributed by atoms with Crippen molar-refractivity contribution in [2.45, 2.75) is 13.8 Å². The summed E-state index contributed by atoms with van der Waals surface area (Å²) in [6.45, 7) is 3.86. The van der Waals surface area contributed by atoms with Crippen LogP contribution in [0, 0.1) is 0 Å². The summed E-state index contributed by atoms with van der Waals surface area (Å²) in [5, 5.41) is 1.93. The number of esters is 1. The monoisotopic (exact) mass is 243 g/mol. The molecule has 1 aliphatic rings. The van der Waals surface area contributed by atoms with Crippen molar-refractivity contribution in [2.24, 2.45) is 4.99 Å². The lowest BCUT2D eigenvalue weighted by atomic mass is 10.3. The van der Waals surface area contributed by atoms with Gasteiger partial charge in [0.2, 0.25) is 0 Å². The molecule has 0 aromatic carbocycles. The van der Waals surface area contributed by atoms with Gasteiger partial charge < -0.3 is 4.74 Å². The van der Waals surface area contributed by atoms with Crippen LogP contribution < -0.4 is 5.43 Å². The van der Waals surface area contributed by atoms with E-state index < -0.39 is 5.97 Å². The normalized spacial score (nSPS) is 18.2. The number of hydrogen-bond donors (Lipinski definition) is 1. The van der Waals surface area contributed by atoms with E-state index in [1.807, 2.05) is 0 Å². The van der Waals surface area contributed by atoms with Crippen LogP contribution in [0.1, 0.15) is 13.8 Å². The fraction of sp³-hybridized carbons (Fsp3) is 0.400. The zero-order chi connectivity index (χ0) is 12.1. The molecule has 0 radical (unpaired) electrons. The average molecular weight is 244 g/mol. The number of rotatable bonds is 3. The lowest BCUT2D eigenvalue weighted by molar-refractivity contribution is -0.134. The number of aliphatic imine (C=N–C) groups is 1. The van der Waals surface area contributed by atoms with Gasteiger partial charge in [0.25, 0.3) is 0 Å². The first-order valence-electron chi connectivity index (χ1n) is 4.90. The summed E-state index contributed by atoms with van der Waals surface area (Å²) in [6, 6.07) is 0. The maximum atomic E-state index is 11.5. The van der Waals surface area contributed by atoms with Crippen molar-refractivity contribution in [2.75, 3.05) is 13.7 Å². The first kappa shape index (κ1) is 12.7. The van der Waals surface area contributed by atoms with Gasteiger partial charge in [0.05, 0.1) is 6.61 Å². The third-order valence-electron chi connectivity index (χ3n) is 1.90. The minimum absolute atomic E-state index is 0.200. The SMILES string of the molecule is C/C=C1/N=C(C(=O)OCC)C=C(Cl)N1NC. The van der Waals surface area contributed by atoms with Crippen molar-refractivity contribution in [1.82, 2.24) is 10.4 Å². The number of hydrazine groups is 1. The molecule has 0 saturated carbocycles. The zero-order valence-electron chi connectivity index (χ0n) is 9.45. The van der Waals surface area contributed by atoms with Gasteiger partial charge in [0.15, 0.2) is 5.71 Å². The Labute approximate surface area is 99.4 Å². The van der Waals surface area contributed by atoms with Crippen LogP contribution in [0.2, 0.25) is 0 Å². The highest BCUT2D eigenvalue weighted by Crippen LogP contribution is 2.20. The molecule has 0 atom stereocenters. The van der Waals surface area contributed by atoms with Gasteiger partial charge in [0, 0.05) is 13.1 Å². The molecule has 0 bridgehead atoms. The standard InChI is InChI=1S/C10H14ClN3O2/c1-4-9-13-7(10(15)16-5-2)6-8(11)14(9)12-3/h4,6,12H,5H2,1-3H3/b9-4-. The first-order chi connectivity index (χ1) is 7.63. The van der Waals surface area contributed by atoms with Crippen molar-refractivity contribution in [3.63, 3.8) is 0 Å². The Balaban J connectivity index is 2.98. The molecule has 0 aromatic heterocycles. The Bertz CT molecular complexity index is 374. The van der Waals surface area contributed by atoms with Gasteiger partial charge in [0.1, 0.15) is 11.0 Å². The molecule has 16 heavy (non-hydrogen) atoms. The zero-order valence-corrected chi connectivity index (χ0v) is 10.2. The average Bonchev–Trinajstić information content (AvgIpc) is 2.28. The van der Waals surface area contributed by atoms with Gasteiger partial charge >= 0.3 is 5.97 Å². The van der Waals surface area contributed by atoms with E-state index in [1.165, 1.54) is 6.08 Å². The Kier molecular flexibility index (Phi) is 4.52. The summed E-state index contributed by atoms with van der Waals surface area (Å²) < 4.78 is 4.85. The lowest BCUT2D eigenvalue weighted by Gasteiger charge is -2.25. The molecule has 5 nitrogen and oxygen atoms in total. The number of ether oxygens (including phenoxy) is 1. The van der Waals surface area contributed by atoms with Crippen molar-refractivity contribution in [3.05, 3.63) is 23.1 Å². The van der Waals surface area contributed by atoms with E-state index >= 15 is 0 Å². The van der Waals surface area contributed by atoms with Gasteiger partial charge in [-0.2, -0.15) is 0 Å². The molecule has 0 fully saturated rings. The third-order valence-corrected chi connectivity index (χ3v) is 2.18. The van der Waals surface area contributed by atoms with Crippen molar-refractivity contribution >= 4 is 23.3 Å². The van der Waals surface area contributed by atoms with Gasteiger partial charge in [-0.3, -0.25) is 0 Å². The van der Waals surface area contributed by atoms with E-state index in [0.717, 1.165) is 0 Å². The number of hydrogen-bond acceptors (Lipinski definition) is 5. The highest BCUT2D eigenvalue weighted by atomic mass is 35.5. The van der Waals surface area contributed by atoms with E-state index in [1.54, 1.807) is 32.0 Å². The molecule has 0 spiro atoms. The second kappa shape index (κ2) is 5.67. The Morgan fingerprint density at radius 1 is 1.75 bits per heavy atom. The quantitative estimate of drug-likeness (QED) is 0.601. The summed E-state index contributed by atoms with van der Waals surface area (Å²) >= 11 is 5.99. The fourth-order valence-corrected chi connectivity index (χ4v) is 1.49. The van der Waals surface area contributed by atoms with Gasteiger partial charge in [-0.15, -0.1) is 0 Å². The minimum Gasteiger partial charge on any atom is -0.461 e. The summed E-state index contributed by atoms with van der Waals surface area (Å²) in [5.74, 6) is 0.0776. The molecule has 0 saturated heterocycles. The molecule has 0 aliphatic carbocycles. The highest BCUT2D eigenvalue weighted by Gasteiger charge is 2.21. The number of nitrogens with zero attached hydrogens (tertiary/aromatic N) is 2. The third kappa shape index (κ3) is 2.62. The number of halogens is 1. The topological polar surface area (TPSA) is 53.9 Å². The van der Waals surface area contributed by atoms with Gasteiger partial charge in [-0.25, -0.2) is 20.2 Å². The molecular weight excluding hydrogens is 230 g/mol. The molecule has 88 valence electrons. The summed E-state index contributed by atoms with van der Waals surface area (Å²) in [5.41, 5.74) is 3.05. The summed E-state index contributed by atoms with van der Waals surface area (Å²) in [7, 11) is 1.71. The Morgan fingerprint density at radius 3 is 2.94 bits per heavy atom. The first-order valence-corrected chi connectivity index (χ1v) is 5.28. The molecule has 1 aliphatic heterocycles. The van der Waals surface area contributed by atoms with Crippen molar-refractivity contribution < 1.29 is 9.53 Å². The fourth-order valence-electron chi connectivity index (χ4n) is 1.22. The predicted molar refractivity (Wildman–Crippen MR) is 62.7 cm³/mol. The van der Waals surface area contributed by atoms with Crippen LogP contribution in [0.5, 0.6) is 0 Å². The smallest absolute Gasteiger partial charge is 0.357 e. The molecule has 1 rings (SSSR count). The molecule has 0 unspecified atom stereocenters. The predicted octanol–water partition coefficient (Wildman–Crippen LogP) is 1.38. The molecule has 0 aromatic rings. The largest absolute Gasteiger partial charge is 0.461 e. The molecular formula is C10H14ClN3O2. The van der Waals surface area contributed by atoms with Crippen LogP contribution in [-0.4, -0.2) is 30.3 Å². The van der Waals surface area contributed by atoms with Crippen LogP contribution in [0.25, 0.3) is 0 Å². The number of carbonyl (C=O) groups excluding carboxylic acids is 1. The summed E-state index contributed by atoms with van der Waals surface area (Å²) in [6.07, 6.45) is 3.20. The van der Waals surface area contributed by atoms with Crippen molar-refractivity contribution in [3.8, 4) is 0 Å². The number of allylic oxidation sites excluding steroid dienone is 1. The minimum atomic E-state index is -0.476. The van der Waals surface area contributed by atoms with Crippen LogP contribution in [0.3, 0.4) is 0 Å². The van der Waals surface area contributed by atoms with E-state index in [9.17, 15) is 4.79 Å². The van der Waals surface area contributed by atoms with E-state index in [-0.39, 0.29) is 5.71 Å². The second-order valence-electron chi connectivity index (χ2n) is 2.89. The Morgan fingerprint density at radius 2 is 2.44 bits per heavy atom. The van der Waals surface area contributed by atoms with E-state index in [0.29, 0.717) is 17.6 Å². The maximum absolute atomic E-state index is 11.5. The lowest BCUT2D eigenvalue weighted by Crippen LogP contribution is -2.35. The van der Waals surface area contributed by atoms with E-state index in [2.05, 4.69) is 10.4 Å². The van der Waals surface area contributed by atoms with Crippen LogP contribution >= 0.6 is 11.6 Å².